The number of benzene rings is 1. The Morgan fingerprint density at radius 2 is 1.80 bits per heavy atom. The molecule has 0 atom stereocenters. The van der Waals surface area contributed by atoms with Crippen LogP contribution in [0.4, 0.5) is 5.69 Å². The van der Waals surface area contributed by atoms with E-state index in [0.717, 1.165) is 24.0 Å². The molecule has 1 aromatic rings. The Bertz CT molecular complexity index is 485. The van der Waals surface area contributed by atoms with Crippen LogP contribution in [0.1, 0.15) is 13.8 Å². The lowest BCUT2D eigenvalue weighted by molar-refractivity contribution is 0.188. The Labute approximate surface area is 136 Å². The highest BCUT2D eigenvalue weighted by molar-refractivity contribution is 7.80. The number of hydrogen-bond acceptors (Lipinski definition) is 2. The Morgan fingerprint density at radius 3 is 2.35 bits per heavy atom. The molecule has 6 heteroatoms. The topological polar surface area (TPSA) is 9.72 Å². The third-order valence-electron chi connectivity index (χ3n) is 3.09. The number of anilines is 1. The van der Waals surface area contributed by atoms with E-state index in [1.165, 1.54) is 0 Å². The predicted octanol–water partition coefficient (Wildman–Crippen LogP) is 3.90. The zero-order valence-electron chi connectivity index (χ0n) is 11.9. The number of halogens is 2. The minimum absolute atomic E-state index is 0.544. The van der Waals surface area contributed by atoms with Crippen LogP contribution in [0.5, 0.6) is 0 Å². The molecule has 0 spiro atoms. The molecule has 2 rings (SSSR count). The largest absolute Gasteiger partial charge is 0.336 e. The molecule has 0 saturated carbocycles. The fourth-order valence-electron chi connectivity index (χ4n) is 2.36. The molecule has 1 saturated heterocycles. The minimum Gasteiger partial charge on any atom is -0.336 e. The zero-order chi connectivity index (χ0) is 14.9. The molecule has 20 heavy (non-hydrogen) atoms. The van der Waals surface area contributed by atoms with Gasteiger partial charge in [0.2, 0.25) is 0 Å². The average molecular weight is 332 g/mol. The fraction of sp³-hybridized carbons (Fsp3) is 0.500. The van der Waals surface area contributed by atoms with Crippen LogP contribution in [0.25, 0.3) is 0 Å². The first kappa shape index (κ1) is 15.8. The first-order valence-electron chi connectivity index (χ1n) is 6.59. The first-order valence-corrected chi connectivity index (χ1v) is 7.75. The van der Waals surface area contributed by atoms with Gasteiger partial charge in [-0.1, -0.05) is 43.1 Å². The average Bonchev–Trinajstić information content (AvgIpc) is 2.33. The van der Waals surface area contributed by atoms with Crippen molar-refractivity contribution in [2.45, 2.75) is 13.8 Å². The molecule has 0 N–H and O–H groups in total. The maximum atomic E-state index is 6.31. The van der Waals surface area contributed by atoms with Crippen molar-refractivity contribution in [2.75, 3.05) is 31.8 Å². The molecule has 0 bridgehead atoms. The van der Waals surface area contributed by atoms with Crippen LogP contribution in [-0.4, -0.2) is 41.8 Å². The summed E-state index contributed by atoms with van der Waals surface area (Å²) in [6.07, 6.45) is 0. The summed E-state index contributed by atoms with van der Waals surface area (Å²) < 4.78 is 0. The van der Waals surface area contributed by atoms with Crippen LogP contribution in [-0.2, 0) is 0 Å². The van der Waals surface area contributed by atoms with Gasteiger partial charge >= 0.3 is 0 Å². The van der Waals surface area contributed by atoms with E-state index in [2.05, 4.69) is 30.7 Å². The minimum atomic E-state index is 0.544. The smallest absolute Gasteiger partial charge is 0.178 e. The van der Waals surface area contributed by atoms with E-state index in [1.807, 2.05) is 23.1 Å². The van der Waals surface area contributed by atoms with E-state index in [1.54, 1.807) is 0 Å². The summed E-state index contributed by atoms with van der Waals surface area (Å²) in [5, 5.41) is 2.03. The van der Waals surface area contributed by atoms with Crippen molar-refractivity contribution in [3.8, 4) is 0 Å². The summed E-state index contributed by atoms with van der Waals surface area (Å²) in [5.74, 6) is 0.544. The summed E-state index contributed by atoms with van der Waals surface area (Å²) in [7, 11) is 2.06. The van der Waals surface area contributed by atoms with Crippen LogP contribution >= 0.6 is 35.4 Å². The quantitative estimate of drug-likeness (QED) is 0.776. The normalized spacial score (nSPS) is 17.2. The summed E-state index contributed by atoms with van der Waals surface area (Å²) in [6, 6.07) is 5.52. The Kier molecular flexibility index (Phi) is 5.13. The molecule has 0 radical (unpaired) electrons. The number of rotatable bonds is 3. The van der Waals surface area contributed by atoms with Gasteiger partial charge in [0.1, 0.15) is 0 Å². The monoisotopic (exact) mass is 331 g/mol. The molecule has 0 unspecified atom stereocenters. The number of para-hydroxylation sites is 1. The van der Waals surface area contributed by atoms with Gasteiger partial charge in [0, 0.05) is 6.54 Å². The Hall–Kier alpha value is -0.550. The second-order valence-electron chi connectivity index (χ2n) is 5.54. The molecule has 3 nitrogen and oxygen atoms in total. The molecular formula is C14H19Cl2N3S. The van der Waals surface area contributed by atoms with E-state index in [-0.39, 0.29) is 0 Å². The summed E-state index contributed by atoms with van der Waals surface area (Å²) in [5.41, 5.74) is 0.793. The second kappa shape index (κ2) is 6.48. The molecule has 0 aliphatic carbocycles. The molecule has 0 amide bonds. The second-order valence-corrected chi connectivity index (χ2v) is 6.72. The lowest BCUT2D eigenvalue weighted by atomic mass is 10.2. The highest BCUT2D eigenvalue weighted by Gasteiger charge is 2.29. The molecular weight excluding hydrogens is 313 g/mol. The lowest BCUT2D eigenvalue weighted by Gasteiger charge is -2.44. The third-order valence-corrected chi connectivity index (χ3v) is 4.18. The summed E-state index contributed by atoms with van der Waals surface area (Å²) in [6.45, 7) is 6.81. The maximum Gasteiger partial charge on any atom is 0.178 e. The first-order chi connectivity index (χ1) is 9.40. The molecule has 1 aliphatic rings. The summed E-state index contributed by atoms with van der Waals surface area (Å²) >= 11 is 18.2. The molecule has 1 fully saturated rings. The van der Waals surface area contributed by atoms with E-state index in [0.29, 0.717) is 22.6 Å². The predicted molar refractivity (Wildman–Crippen MR) is 90.6 cm³/mol. The highest BCUT2D eigenvalue weighted by Crippen LogP contribution is 2.35. The molecule has 1 heterocycles. The van der Waals surface area contributed by atoms with Gasteiger partial charge in [-0.15, -0.1) is 0 Å². The van der Waals surface area contributed by atoms with Crippen molar-refractivity contribution in [3.63, 3.8) is 0 Å². The zero-order valence-corrected chi connectivity index (χ0v) is 14.3. The van der Waals surface area contributed by atoms with Crippen molar-refractivity contribution in [1.29, 1.82) is 0 Å². The molecule has 110 valence electrons. The van der Waals surface area contributed by atoms with E-state index < -0.39 is 0 Å². The van der Waals surface area contributed by atoms with Gasteiger partial charge in [0.25, 0.3) is 0 Å². The van der Waals surface area contributed by atoms with Gasteiger partial charge in [-0.2, -0.15) is 0 Å². The van der Waals surface area contributed by atoms with Crippen LogP contribution in [0.15, 0.2) is 18.2 Å². The lowest BCUT2D eigenvalue weighted by Crippen LogP contribution is -2.57. The Morgan fingerprint density at radius 1 is 1.20 bits per heavy atom. The molecule has 0 aromatic heterocycles. The van der Waals surface area contributed by atoms with Crippen molar-refractivity contribution in [1.82, 2.24) is 9.80 Å². The fourth-order valence-corrected chi connectivity index (χ4v) is 3.24. The number of thiocarbonyl (C=S) groups is 1. The van der Waals surface area contributed by atoms with Crippen molar-refractivity contribution >= 4 is 46.2 Å². The number of nitrogens with zero attached hydrogens (tertiary/aromatic N) is 3. The third kappa shape index (κ3) is 3.37. The van der Waals surface area contributed by atoms with Crippen molar-refractivity contribution in [3.05, 3.63) is 28.2 Å². The van der Waals surface area contributed by atoms with Gasteiger partial charge < -0.3 is 9.80 Å². The van der Waals surface area contributed by atoms with Gasteiger partial charge in [-0.05, 0) is 37.3 Å². The van der Waals surface area contributed by atoms with Crippen molar-refractivity contribution < 1.29 is 0 Å². The van der Waals surface area contributed by atoms with Crippen LogP contribution in [0.2, 0.25) is 10.0 Å². The van der Waals surface area contributed by atoms with Crippen LogP contribution in [0, 0.1) is 5.92 Å². The van der Waals surface area contributed by atoms with Gasteiger partial charge in [0.05, 0.1) is 29.1 Å². The van der Waals surface area contributed by atoms with Crippen LogP contribution in [0.3, 0.4) is 0 Å². The van der Waals surface area contributed by atoms with E-state index in [9.17, 15) is 0 Å². The van der Waals surface area contributed by atoms with E-state index >= 15 is 0 Å². The van der Waals surface area contributed by atoms with E-state index in [4.69, 9.17) is 35.4 Å². The highest BCUT2D eigenvalue weighted by atomic mass is 35.5. The van der Waals surface area contributed by atoms with Gasteiger partial charge in [-0.3, -0.25) is 4.90 Å². The van der Waals surface area contributed by atoms with Gasteiger partial charge in [-0.25, -0.2) is 0 Å². The summed E-state index contributed by atoms with van der Waals surface area (Å²) in [4.78, 5) is 6.38. The van der Waals surface area contributed by atoms with Gasteiger partial charge in [0.15, 0.2) is 5.11 Å². The molecule has 1 aliphatic heterocycles. The Balaban J connectivity index is 2.33. The SMILES string of the molecule is CC(C)CN1CN(C)CN(c2c(Cl)cccc2Cl)C1=S. The number of hydrogen-bond donors (Lipinski definition) is 0. The molecule has 1 aromatic carbocycles. The van der Waals surface area contributed by atoms with Crippen LogP contribution < -0.4 is 4.90 Å². The standard InChI is InChI=1S/C14H19Cl2N3S/c1-10(2)7-18-8-17(3)9-19(14(18)20)13-11(15)5-4-6-12(13)16/h4-6,10H,7-9H2,1-3H3. The van der Waals surface area contributed by atoms with Crippen molar-refractivity contribution in [2.24, 2.45) is 5.92 Å². The maximum absolute atomic E-state index is 6.31.